The largest absolute Gasteiger partial charge is 0.494 e. The summed E-state index contributed by atoms with van der Waals surface area (Å²) in [6.07, 6.45) is 1.68. The highest BCUT2D eigenvalue weighted by Gasteiger charge is 2.08. The first-order valence-corrected chi connectivity index (χ1v) is 5.52. The molecule has 1 aromatic carbocycles. The van der Waals surface area contributed by atoms with Crippen LogP contribution in [0.1, 0.15) is 11.1 Å². The number of H-pyrrole nitrogens is 1. The van der Waals surface area contributed by atoms with Crippen LogP contribution in [0, 0.1) is 6.92 Å². The van der Waals surface area contributed by atoms with Gasteiger partial charge in [0.05, 0.1) is 18.7 Å². The highest BCUT2D eigenvalue weighted by atomic mass is 16.5. The van der Waals surface area contributed by atoms with Crippen molar-refractivity contribution in [2.75, 3.05) is 20.3 Å². The van der Waals surface area contributed by atoms with E-state index in [2.05, 4.69) is 9.98 Å². The molecule has 0 saturated heterocycles. The summed E-state index contributed by atoms with van der Waals surface area (Å²) in [6, 6.07) is 6.00. The zero-order valence-corrected chi connectivity index (χ0v) is 10.0. The number of ether oxygens (including phenoxy) is 1. The number of benzene rings is 1. The number of aliphatic imine (C=N–C) groups is 1. The fourth-order valence-corrected chi connectivity index (χ4v) is 1.75. The zero-order valence-electron chi connectivity index (χ0n) is 10.0. The molecular formula is C13H16N2O2. The Balaban J connectivity index is 2.33. The number of aryl methyl sites for hydroxylation is 1. The van der Waals surface area contributed by atoms with Gasteiger partial charge in [0.15, 0.2) is 5.88 Å². The predicted molar refractivity (Wildman–Crippen MR) is 69.0 cm³/mol. The number of methoxy groups -OCH3 is 1. The van der Waals surface area contributed by atoms with Crippen molar-refractivity contribution in [1.82, 2.24) is 4.98 Å². The third kappa shape index (κ3) is 2.47. The number of nitrogens with zero attached hydrogens (tertiary/aromatic N) is 1. The van der Waals surface area contributed by atoms with Gasteiger partial charge in [0.1, 0.15) is 0 Å². The van der Waals surface area contributed by atoms with E-state index in [1.54, 1.807) is 13.3 Å². The van der Waals surface area contributed by atoms with Crippen molar-refractivity contribution in [2.24, 2.45) is 4.99 Å². The molecule has 0 atom stereocenters. The topological polar surface area (TPSA) is 57.6 Å². The second-order valence-corrected chi connectivity index (χ2v) is 3.96. The van der Waals surface area contributed by atoms with E-state index < -0.39 is 0 Å². The van der Waals surface area contributed by atoms with Crippen molar-refractivity contribution in [1.29, 1.82) is 0 Å². The molecule has 0 spiro atoms. The number of aromatic amines is 1. The van der Waals surface area contributed by atoms with Crippen LogP contribution in [0.2, 0.25) is 0 Å². The van der Waals surface area contributed by atoms with Crippen LogP contribution in [-0.4, -0.2) is 36.6 Å². The summed E-state index contributed by atoms with van der Waals surface area (Å²) in [5.74, 6) is 0.159. The zero-order chi connectivity index (χ0) is 12.3. The molecular weight excluding hydrogens is 216 g/mol. The third-order valence-corrected chi connectivity index (χ3v) is 2.62. The summed E-state index contributed by atoms with van der Waals surface area (Å²) in [5.41, 5.74) is 2.81. The minimum absolute atomic E-state index is 0.159. The van der Waals surface area contributed by atoms with E-state index in [4.69, 9.17) is 4.74 Å². The lowest BCUT2D eigenvalue weighted by atomic mass is 10.1. The molecule has 2 rings (SSSR count). The smallest absolute Gasteiger partial charge is 0.198 e. The number of fused-ring (bicyclic) bond motifs is 1. The summed E-state index contributed by atoms with van der Waals surface area (Å²) in [7, 11) is 1.64. The highest BCUT2D eigenvalue weighted by molar-refractivity contribution is 6.02. The van der Waals surface area contributed by atoms with Gasteiger partial charge in [0, 0.05) is 24.2 Å². The second kappa shape index (κ2) is 5.01. The molecule has 90 valence electrons. The Hall–Kier alpha value is -1.81. The van der Waals surface area contributed by atoms with Crippen molar-refractivity contribution >= 4 is 17.1 Å². The molecule has 4 nitrogen and oxygen atoms in total. The van der Waals surface area contributed by atoms with Crippen LogP contribution in [0.3, 0.4) is 0 Å². The lowest BCUT2D eigenvalue weighted by Gasteiger charge is -1.94. The summed E-state index contributed by atoms with van der Waals surface area (Å²) in [5, 5.41) is 10.8. The number of aromatic hydroxyl groups is 1. The lowest BCUT2D eigenvalue weighted by molar-refractivity contribution is 0.208. The van der Waals surface area contributed by atoms with Crippen LogP contribution in [-0.2, 0) is 4.74 Å². The summed E-state index contributed by atoms with van der Waals surface area (Å²) in [6.45, 7) is 3.19. The van der Waals surface area contributed by atoms with Gasteiger partial charge in [-0.25, -0.2) is 0 Å². The maximum atomic E-state index is 9.80. The standard InChI is InChI=1S/C13H16N2O2/c1-9-3-4-10-11(8-14-5-6-17-2)13(16)15-12(10)7-9/h3-4,7-8,15-16H,5-6H2,1-2H3. The molecule has 0 fully saturated rings. The molecule has 0 bridgehead atoms. The summed E-state index contributed by atoms with van der Waals surface area (Å²) >= 11 is 0. The molecule has 0 aliphatic carbocycles. The Labute approximate surface area is 100.0 Å². The minimum atomic E-state index is 0.159. The van der Waals surface area contributed by atoms with Gasteiger partial charge < -0.3 is 14.8 Å². The van der Waals surface area contributed by atoms with Gasteiger partial charge in [-0.3, -0.25) is 4.99 Å². The van der Waals surface area contributed by atoms with Crippen molar-refractivity contribution in [2.45, 2.75) is 6.92 Å². The van der Waals surface area contributed by atoms with Crippen LogP contribution in [0.25, 0.3) is 10.9 Å². The van der Waals surface area contributed by atoms with Gasteiger partial charge >= 0.3 is 0 Å². The number of nitrogens with one attached hydrogen (secondary N) is 1. The second-order valence-electron chi connectivity index (χ2n) is 3.96. The van der Waals surface area contributed by atoms with E-state index >= 15 is 0 Å². The average molecular weight is 232 g/mol. The first-order valence-electron chi connectivity index (χ1n) is 5.52. The van der Waals surface area contributed by atoms with Gasteiger partial charge in [-0.15, -0.1) is 0 Å². The molecule has 1 aromatic heterocycles. The van der Waals surface area contributed by atoms with E-state index in [9.17, 15) is 5.11 Å². The number of hydrogen-bond acceptors (Lipinski definition) is 3. The summed E-state index contributed by atoms with van der Waals surface area (Å²) < 4.78 is 4.91. The lowest BCUT2D eigenvalue weighted by Crippen LogP contribution is -1.93. The molecule has 0 saturated carbocycles. The van der Waals surface area contributed by atoms with Crippen LogP contribution in [0.5, 0.6) is 5.88 Å². The Morgan fingerprint density at radius 3 is 3.06 bits per heavy atom. The predicted octanol–water partition coefficient (Wildman–Crippen LogP) is 2.25. The van der Waals surface area contributed by atoms with Crippen LogP contribution in [0.4, 0.5) is 0 Å². The average Bonchev–Trinajstić information content (AvgIpc) is 2.60. The number of hydrogen-bond donors (Lipinski definition) is 2. The number of rotatable bonds is 4. The molecule has 2 N–H and O–H groups in total. The summed E-state index contributed by atoms with van der Waals surface area (Å²) in [4.78, 5) is 7.15. The first-order chi connectivity index (χ1) is 8.22. The number of aromatic nitrogens is 1. The Morgan fingerprint density at radius 1 is 1.47 bits per heavy atom. The Bertz CT molecular complexity index is 544. The molecule has 0 unspecified atom stereocenters. The fourth-order valence-electron chi connectivity index (χ4n) is 1.75. The van der Waals surface area contributed by atoms with Gasteiger partial charge in [-0.2, -0.15) is 0 Å². The van der Waals surface area contributed by atoms with Gasteiger partial charge in [0.25, 0.3) is 0 Å². The molecule has 17 heavy (non-hydrogen) atoms. The third-order valence-electron chi connectivity index (χ3n) is 2.62. The van der Waals surface area contributed by atoms with E-state index in [0.717, 1.165) is 22.0 Å². The molecule has 1 heterocycles. The van der Waals surface area contributed by atoms with Crippen molar-refractivity contribution < 1.29 is 9.84 Å². The van der Waals surface area contributed by atoms with E-state index in [-0.39, 0.29) is 5.88 Å². The van der Waals surface area contributed by atoms with Crippen molar-refractivity contribution in [3.05, 3.63) is 29.3 Å². The van der Waals surface area contributed by atoms with Gasteiger partial charge in [-0.1, -0.05) is 12.1 Å². The normalized spacial score (nSPS) is 11.6. The molecule has 0 amide bonds. The van der Waals surface area contributed by atoms with Gasteiger partial charge in [-0.05, 0) is 18.6 Å². The van der Waals surface area contributed by atoms with E-state index in [1.807, 2.05) is 25.1 Å². The van der Waals surface area contributed by atoms with Crippen LogP contribution in [0.15, 0.2) is 23.2 Å². The van der Waals surface area contributed by atoms with E-state index in [0.29, 0.717) is 13.2 Å². The van der Waals surface area contributed by atoms with E-state index in [1.165, 1.54) is 0 Å². The molecule has 4 heteroatoms. The van der Waals surface area contributed by atoms with Crippen LogP contribution >= 0.6 is 0 Å². The molecule has 0 aliphatic rings. The maximum absolute atomic E-state index is 9.80. The minimum Gasteiger partial charge on any atom is -0.494 e. The van der Waals surface area contributed by atoms with Crippen molar-refractivity contribution in [3.8, 4) is 5.88 Å². The Morgan fingerprint density at radius 2 is 2.29 bits per heavy atom. The fraction of sp³-hybridized carbons (Fsp3) is 0.308. The molecule has 0 aliphatic heterocycles. The molecule has 0 radical (unpaired) electrons. The highest BCUT2D eigenvalue weighted by Crippen LogP contribution is 2.26. The monoisotopic (exact) mass is 232 g/mol. The molecule has 2 aromatic rings. The quantitative estimate of drug-likeness (QED) is 0.627. The maximum Gasteiger partial charge on any atom is 0.198 e. The van der Waals surface area contributed by atoms with Crippen molar-refractivity contribution in [3.63, 3.8) is 0 Å². The van der Waals surface area contributed by atoms with Crippen LogP contribution < -0.4 is 0 Å². The SMILES string of the molecule is COCCN=Cc1c(O)[nH]c2cc(C)ccc12. The first kappa shape index (κ1) is 11.7. The Kier molecular flexibility index (Phi) is 3.44. The van der Waals surface area contributed by atoms with Gasteiger partial charge in [0.2, 0.25) is 0 Å².